The second kappa shape index (κ2) is 3.54. The Morgan fingerprint density at radius 1 is 1.43 bits per heavy atom. The van der Waals surface area contributed by atoms with Gasteiger partial charge >= 0.3 is 0 Å². The lowest BCUT2D eigenvalue weighted by molar-refractivity contribution is -0.137. The summed E-state index contributed by atoms with van der Waals surface area (Å²) in [5.41, 5.74) is 0. The number of hydrogen-bond acceptors (Lipinski definition) is 2. The summed E-state index contributed by atoms with van der Waals surface area (Å²) in [7, 11) is 0. The van der Waals surface area contributed by atoms with Crippen molar-refractivity contribution in [3.63, 3.8) is 0 Å². The fourth-order valence-corrected chi connectivity index (χ4v) is 2.84. The molecule has 2 fully saturated rings. The molecule has 3 unspecified atom stereocenters. The molecule has 0 aromatic heterocycles. The van der Waals surface area contributed by atoms with Crippen LogP contribution in [0.25, 0.3) is 0 Å². The van der Waals surface area contributed by atoms with Crippen molar-refractivity contribution in [3.05, 3.63) is 0 Å². The number of carbonyl (C=O) groups is 1. The van der Waals surface area contributed by atoms with E-state index in [9.17, 15) is 4.79 Å². The summed E-state index contributed by atoms with van der Waals surface area (Å²) in [5.74, 6) is 1.16. The first-order valence-corrected chi connectivity index (χ1v) is 5.64. The topological polar surface area (TPSA) is 32.3 Å². The summed E-state index contributed by atoms with van der Waals surface area (Å²) in [6, 6.07) is 0.918. The number of carbonyl (C=O) groups excluding carboxylic acids is 1. The van der Waals surface area contributed by atoms with Gasteiger partial charge in [-0.15, -0.1) is 0 Å². The van der Waals surface area contributed by atoms with Crippen LogP contribution in [0.15, 0.2) is 0 Å². The lowest BCUT2D eigenvalue weighted by Crippen LogP contribution is -2.44. The minimum absolute atomic E-state index is 0.136. The maximum atomic E-state index is 12.0. The van der Waals surface area contributed by atoms with E-state index in [2.05, 4.69) is 17.1 Å². The minimum Gasteiger partial charge on any atom is -0.335 e. The Labute approximate surface area is 85.8 Å². The van der Waals surface area contributed by atoms with Gasteiger partial charge in [0, 0.05) is 31.1 Å². The van der Waals surface area contributed by atoms with Gasteiger partial charge in [0.15, 0.2) is 0 Å². The van der Waals surface area contributed by atoms with Crippen molar-refractivity contribution in [1.82, 2.24) is 10.2 Å². The Morgan fingerprint density at radius 3 is 2.79 bits per heavy atom. The largest absolute Gasteiger partial charge is 0.335 e. The van der Waals surface area contributed by atoms with Crippen LogP contribution in [-0.4, -0.2) is 36.0 Å². The molecule has 2 aliphatic heterocycles. The van der Waals surface area contributed by atoms with E-state index in [0.717, 1.165) is 13.1 Å². The van der Waals surface area contributed by atoms with Gasteiger partial charge in [0.1, 0.15) is 0 Å². The second-order valence-electron chi connectivity index (χ2n) is 4.97. The second-order valence-corrected chi connectivity index (χ2v) is 4.97. The molecule has 3 nitrogen and oxygen atoms in total. The summed E-state index contributed by atoms with van der Waals surface area (Å²) in [5, 5.41) is 3.37. The van der Waals surface area contributed by atoms with Crippen LogP contribution in [-0.2, 0) is 4.79 Å². The van der Waals surface area contributed by atoms with E-state index in [1.54, 1.807) is 0 Å². The predicted molar refractivity (Wildman–Crippen MR) is 55.9 cm³/mol. The van der Waals surface area contributed by atoms with Crippen molar-refractivity contribution in [2.75, 3.05) is 13.1 Å². The van der Waals surface area contributed by atoms with Gasteiger partial charge in [-0.25, -0.2) is 0 Å². The Bertz CT molecular complexity index is 239. The summed E-state index contributed by atoms with van der Waals surface area (Å²) in [6.07, 6.45) is 1.18. The highest BCUT2D eigenvalue weighted by atomic mass is 16.2. The van der Waals surface area contributed by atoms with Crippen molar-refractivity contribution < 1.29 is 4.79 Å². The monoisotopic (exact) mass is 196 g/mol. The van der Waals surface area contributed by atoms with Crippen molar-refractivity contribution in [3.8, 4) is 0 Å². The third-order valence-electron chi connectivity index (χ3n) is 3.53. The molecular formula is C11H20N2O. The van der Waals surface area contributed by atoms with Gasteiger partial charge in [-0.3, -0.25) is 4.79 Å². The third-order valence-corrected chi connectivity index (χ3v) is 3.53. The van der Waals surface area contributed by atoms with Crippen LogP contribution in [0.1, 0.15) is 27.2 Å². The average Bonchev–Trinajstić information content (AvgIpc) is 2.62. The van der Waals surface area contributed by atoms with Crippen LogP contribution in [0.3, 0.4) is 0 Å². The number of nitrogens with zero attached hydrogens (tertiary/aromatic N) is 1. The molecule has 2 rings (SSSR count). The molecule has 0 radical (unpaired) electrons. The number of rotatable bonds is 1. The molecule has 0 saturated carbocycles. The normalized spacial score (nSPS) is 36.6. The predicted octanol–water partition coefficient (Wildman–Crippen LogP) is 0.851. The molecule has 0 aromatic carbocycles. The van der Waals surface area contributed by atoms with Gasteiger partial charge in [-0.2, -0.15) is 0 Å². The van der Waals surface area contributed by atoms with E-state index in [4.69, 9.17) is 0 Å². The summed E-state index contributed by atoms with van der Waals surface area (Å²) in [4.78, 5) is 14.1. The quantitative estimate of drug-likeness (QED) is 0.674. The lowest BCUT2D eigenvalue weighted by atomic mass is 10.0. The van der Waals surface area contributed by atoms with Crippen molar-refractivity contribution >= 4 is 5.91 Å². The molecular weight excluding hydrogens is 176 g/mol. The van der Waals surface area contributed by atoms with E-state index in [1.165, 1.54) is 6.42 Å². The zero-order valence-electron chi connectivity index (χ0n) is 9.29. The van der Waals surface area contributed by atoms with Crippen LogP contribution in [0.5, 0.6) is 0 Å². The van der Waals surface area contributed by atoms with Gasteiger partial charge in [0.2, 0.25) is 5.91 Å². The van der Waals surface area contributed by atoms with Crippen LogP contribution in [0, 0.1) is 11.8 Å². The molecule has 0 bridgehead atoms. The number of nitrogens with one attached hydrogen (secondary N) is 1. The first-order valence-electron chi connectivity index (χ1n) is 5.64. The fourth-order valence-electron chi connectivity index (χ4n) is 2.84. The molecule has 2 saturated heterocycles. The van der Waals surface area contributed by atoms with Gasteiger partial charge < -0.3 is 10.2 Å². The Kier molecular flexibility index (Phi) is 2.52. The Morgan fingerprint density at radius 2 is 2.14 bits per heavy atom. The van der Waals surface area contributed by atoms with Crippen LogP contribution >= 0.6 is 0 Å². The highest BCUT2D eigenvalue weighted by Gasteiger charge is 2.44. The lowest BCUT2D eigenvalue weighted by Gasteiger charge is -2.29. The first-order chi connectivity index (χ1) is 6.61. The van der Waals surface area contributed by atoms with Gasteiger partial charge in [-0.05, 0) is 19.3 Å². The van der Waals surface area contributed by atoms with Gasteiger partial charge in [0.25, 0.3) is 0 Å². The zero-order valence-corrected chi connectivity index (χ0v) is 9.29. The molecule has 0 aliphatic carbocycles. The SMILES string of the molecule is CC(C)C(=O)N1C(C)CC2CNCC21. The molecule has 0 spiro atoms. The zero-order chi connectivity index (χ0) is 10.3. The van der Waals surface area contributed by atoms with Crippen molar-refractivity contribution in [2.24, 2.45) is 11.8 Å². The first kappa shape index (κ1) is 9.97. The molecule has 0 aromatic rings. The van der Waals surface area contributed by atoms with Gasteiger partial charge in [-0.1, -0.05) is 13.8 Å². The van der Waals surface area contributed by atoms with Crippen LogP contribution in [0.4, 0.5) is 0 Å². The highest BCUT2D eigenvalue weighted by molar-refractivity contribution is 5.79. The van der Waals surface area contributed by atoms with E-state index in [0.29, 0.717) is 23.9 Å². The molecule has 1 amide bonds. The summed E-state index contributed by atoms with van der Waals surface area (Å²) in [6.45, 7) is 8.25. The number of hydrogen-bond donors (Lipinski definition) is 1. The van der Waals surface area contributed by atoms with Crippen molar-refractivity contribution in [1.29, 1.82) is 0 Å². The van der Waals surface area contributed by atoms with E-state index in [-0.39, 0.29) is 5.92 Å². The molecule has 3 atom stereocenters. The van der Waals surface area contributed by atoms with E-state index >= 15 is 0 Å². The Balaban J connectivity index is 2.13. The highest BCUT2D eigenvalue weighted by Crippen LogP contribution is 2.33. The maximum Gasteiger partial charge on any atom is 0.225 e. The van der Waals surface area contributed by atoms with E-state index in [1.807, 2.05) is 13.8 Å². The third kappa shape index (κ3) is 1.44. The number of fused-ring (bicyclic) bond motifs is 1. The molecule has 3 heteroatoms. The van der Waals surface area contributed by atoms with Crippen LogP contribution in [0.2, 0.25) is 0 Å². The molecule has 14 heavy (non-hydrogen) atoms. The van der Waals surface area contributed by atoms with Crippen molar-refractivity contribution in [2.45, 2.75) is 39.3 Å². The molecule has 2 aliphatic rings. The smallest absolute Gasteiger partial charge is 0.225 e. The fraction of sp³-hybridized carbons (Fsp3) is 0.909. The van der Waals surface area contributed by atoms with Gasteiger partial charge in [0.05, 0.1) is 0 Å². The summed E-state index contributed by atoms with van der Waals surface area (Å²) < 4.78 is 0. The van der Waals surface area contributed by atoms with Crippen LogP contribution < -0.4 is 5.32 Å². The standard InChI is InChI=1S/C11H20N2O/c1-7(2)11(14)13-8(3)4-9-5-12-6-10(9)13/h7-10,12H,4-6H2,1-3H3. The Hall–Kier alpha value is -0.570. The summed E-state index contributed by atoms with van der Waals surface area (Å²) >= 11 is 0. The number of likely N-dealkylation sites (tertiary alicyclic amines) is 1. The maximum absolute atomic E-state index is 12.0. The average molecular weight is 196 g/mol. The minimum atomic E-state index is 0.136. The number of amides is 1. The molecule has 1 N–H and O–H groups in total. The molecule has 80 valence electrons. The molecule has 2 heterocycles. The van der Waals surface area contributed by atoms with E-state index < -0.39 is 0 Å².